The van der Waals surface area contributed by atoms with Crippen molar-refractivity contribution in [2.45, 2.75) is 38.9 Å². The minimum atomic E-state index is -2.65. The van der Waals surface area contributed by atoms with Gasteiger partial charge >= 0.3 is 47.8 Å². The minimum Gasteiger partial charge on any atom is -0.394 e. The summed E-state index contributed by atoms with van der Waals surface area (Å²) in [5.74, 6) is -18.9. The maximum Gasteiger partial charge on any atom is 0.421 e. The van der Waals surface area contributed by atoms with Gasteiger partial charge in [0.1, 0.15) is 12.2 Å². The van der Waals surface area contributed by atoms with E-state index in [1.54, 1.807) is 0 Å². The van der Waals surface area contributed by atoms with Crippen molar-refractivity contribution in [1.82, 2.24) is 0 Å². The summed E-state index contributed by atoms with van der Waals surface area (Å²) < 4.78 is 0. The van der Waals surface area contributed by atoms with Gasteiger partial charge in [0.2, 0.25) is 11.6 Å². The number of rotatable bonds is 11. The number of carbonyl (C=O) groups is 10. The number of hydrogen-bond donors (Lipinski definition) is 3. The van der Waals surface area contributed by atoms with E-state index in [1.807, 2.05) is 0 Å². The molecule has 3 N–H and O–H groups in total. The average molecular weight is 570 g/mol. The normalized spacial score (nSPS) is 12.2. The Hall–Kier alpha value is -5.02. The molecule has 0 saturated carbocycles. The lowest BCUT2D eigenvalue weighted by Crippen LogP contribution is -2.45. The van der Waals surface area contributed by atoms with Crippen molar-refractivity contribution in [3.05, 3.63) is 0 Å². The number of ketones is 2. The maximum absolute atomic E-state index is 12.0. The second-order valence-electron chi connectivity index (χ2n) is 6.55. The van der Waals surface area contributed by atoms with Gasteiger partial charge in [-0.25, -0.2) is 77.5 Å². The molecule has 0 aliphatic heterocycles. The number of hydrogen-bond acceptors (Lipinski definition) is 21. The fourth-order valence-corrected chi connectivity index (χ4v) is 1.62. The molecule has 0 fully saturated rings. The molecule has 0 radical (unpaired) electrons. The third-order valence-corrected chi connectivity index (χ3v) is 3.44. The van der Waals surface area contributed by atoms with Crippen LogP contribution < -0.4 is 0 Å². The van der Waals surface area contributed by atoms with Gasteiger partial charge in [0.25, 0.3) is 0 Å². The van der Waals surface area contributed by atoms with Crippen molar-refractivity contribution < 1.29 is 102 Å². The number of Topliss-reactive ketones (excluding diaryl/α,β-unsaturated/α-hetero) is 2. The van der Waals surface area contributed by atoms with Crippen molar-refractivity contribution in [2.75, 3.05) is 6.61 Å². The van der Waals surface area contributed by atoms with Gasteiger partial charge in [0.05, 0.1) is 6.61 Å². The van der Waals surface area contributed by atoms with Crippen molar-refractivity contribution >= 4 is 59.3 Å². The summed E-state index contributed by atoms with van der Waals surface area (Å²) in [4.78, 5) is 143. The lowest BCUT2D eigenvalue weighted by molar-refractivity contribution is -0.279. The molecule has 0 spiro atoms. The second-order valence-corrected chi connectivity index (χ2v) is 6.55. The molecular formula is C18H18O21. The molecule has 0 rings (SSSR count). The Morgan fingerprint density at radius 1 is 0.538 bits per heavy atom. The summed E-state index contributed by atoms with van der Waals surface area (Å²) in [5.41, 5.74) is 0. The number of aliphatic hydroxyl groups excluding tert-OH is 3. The second kappa shape index (κ2) is 16.7. The quantitative estimate of drug-likeness (QED) is 0.0908. The molecule has 21 nitrogen and oxygen atoms in total. The fraction of sp³-hybridized carbons (Fsp3) is 0.444. The summed E-state index contributed by atoms with van der Waals surface area (Å²) in [6.45, 7) is 0.268. The van der Waals surface area contributed by atoms with Gasteiger partial charge in [-0.3, -0.25) is 9.59 Å². The van der Waals surface area contributed by atoms with E-state index in [1.165, 1.54) is 0 Å². The van der Waals surface area contributed by atoms with Gasteiger partial charge < -0.3 is 15.3 Å². The molecular weight excluding hydrogens is 552 g/mol. The highest BCUT2D eigenvalue weighted by molar-refractivity contribution is 6.32. The van der Waals surface area contributed by atoms with Crippen LogP contribution in [-0.4, -0.2) is 93.5 Å². The first-order valence-corrected chi connectivity index (χ1v) is 9.74. The minimum absolute atomic E-state index is 0.711. The van der Waals surface area contributed by atoms with Crippen LogP contribution in [0.15, 0.2) is 0 Å². The van der Waals surface area contributed by atoms with Crippen molar-refractivity contribution in [2.24, 2.45) is 5.92 Å². The standard InChI is InChI=1S/C18H18O21/c1-6(20)15(28)36-34-11(25)3-9(23)32-33-10(24)4-12(26)35-38-17(30)13(14(27)8(22)5-19)18(31)39-37-16(29)7(2)21/h8,13-14,19,22,27H,3-5H2,1-2H3. The summed E-state index contributed by atoms with van der Waals surface area (Å²) in [7, 11) is 0. The van der Waals surface area contributed by atoms with Crippen LogP contribution in [-0.2, 0) is 87.0 Å². The summed E-state index contributed by atoms with van der Waals surface area (Å²) in [6, 6.07) is 0. The Kier molecular flexibility index (Phi) is 14.5. The molecule has 0 heterocycles. The predicted molar refractivity (Wildman–Crippen MR) is 102 cm³/mol. The molecule has 0 aliphatic rings. The zero-order chi connectivity index (χ0) is 30.3. The monoisotopic (exact) mass is 570 g/mol. The van der Waals surface area contributed by atoms with Gasteiger partial charge in [-0.05, 0) is 0 Å². The largest absolute Gasteiger partial charge is 0.421 e. The summed E-state index contributed by atoms with van der Waals surface area (Å²) in [6.07, 6.45) is -7.46. The fourth-order valence-electron chi connectivity index (χ4n) is 1.62. The van der Waals surface area contributed by atoms with Crippen molar-refractivity contribution in [1.29, 1.82) is 0 Å². The highest BCUT2D eigenvalue weighted by Crippen LogP contribution is 2.14. The maximum atomic E-state index is 12.0. The molecule has 39 heavy (non-hydrogen) atoms. The number of aliphatic hydroxyl groups is 3. The molecule has 3 atom stereocenters. The van der Waals surface area contributed by atoms with E-state index < -0.39 is 96.9 Å². The first kappa shape index (κ1) is 34.0. The molecule has 0 saturated heterocycles. The molecule has 0 aliphatic carbocycles. The van der Waals surface area contributed by atoms with Crippen LogP contribution >= 0.6 is 0 Å². The highest BCUT2D eigenvalue weighted by Gasteiger charge is 2.43. The summed E-state index contributed by atoms with van der Waals surface area (Å²) in [5, 5.41) is 28.1. The van der Waals surface area contributed by atoms with Crippen LogP contribution in [0.25, 0.3) is 0 Å². The first-order chi connectivity index (χ1) is 18.1. The zero-order valence-electron chi connectivity index (χ0n) is 19.5. The van der Waals surface area contributed by atoms with E-state index in [0.29, 0.717) is 6.92 Å². The van der Waals surface area contributed by atoms with Crippen molar-refractivity contribution in [3.8, 4) is 0 Å². The van der Waals surface area contributed by atoms with Gasteiger partial charge in [0.15, 0.2) is 18.8 Å². The Morgan fingerprint density at radius 2 is 0.846 bits per heavy atom. The highest BCUT2D eigenvalue weighted by atomic mass is 17.2. The lowest BCUT2D eigenvalue weighted by atomic mass is 9.98. The predicted octanol–water partition coefficient (Wildman–Crippen LogP) is -4.72. The molecule has 0 aromatic heterocycles. The molecule has 3 unspecified atom stereocenters. The van der Waals surface area contributed by atoms with E-state index in [4.69, 9.17) is 5.11 Å². The van der Waals surface area contributed by atoms with Crippen LogP contribution in [0.4, 0.5) is 0 Å². The molecule has 216 valence electrons. The molecule has 0 aromatic rings. The Morgan fingerprint density at radius 3 is 1.21 bits per heavy atom. The van der Waals surface area contributed by atoms with Crippen LogP contribution in [0.5, 0.6) is 0 Å². The van der Waals surface area contributed by atoms with E-state index in [2.05, 4.69) is 39.1 Å². The number of carbonyl (C=O) groups excluding carboxylic acids is 10. The summed E-state index contributed by atoms with van der Waals surface area (Å²) >= 11 is 0. The third-order valence-electron chi connectivity index (χ3n) is 3.44. The van der Waals surface area contributed by atoms with Crippen LogP contribution in [0.1, 0.15) is 26.7 Å². The van der Waals surface area contributed by atoms with E-state index in [0.717, 1.165) is 6.92 Å². The van der Waals surface area contributed by atoms with E-state index in [9.17, 15) is 58.2 Å². The van der Waals surface area contributed by atoms with Gasteiger partial charge in [-0.1, -0.05) is 0 Å². The van der Waals surface area contributed by atoms with E-state index in [-0.39, 0.29) is 0 Å². The van der Waals surface area contributed by atoms with Crippen LogP contribution in [0.2, 0.25) is 0 Å². The smallest absolute Gasteiger partial charge is 0.394 e. The van der Waals surface area contributed by atoms with Gasteiger partial charge in [0, 0.05) is 13.8 Å². The molecule has 0 bridgehead atoms. The molecule has 0 aromatic carbocycles. The van der Waals surface area contributed by atoms with Gasteiger partial charge in [-0.15, -0.1) is 0 Å². The molecule has 0 amide bonds. The topological polar surface area (TPSA) is 305 Å². The molecule has 21 heteroatoms. The Balaban J connectivity index is 4.79. The van der Waals surface area contributed by atoms with E-state index >= 15 is 0 Å². The zero-order valence-corrected chi connectivity index (χ0v) is 19.5. The Labute approximate surface area is 214 Å². The first-order valence-electron chi connectivity index (χ1n) is 9.74. The van der Waals surface area contributed by atoms with Crippen molar-refractivity contribution in [3.63, 3.8) is 0 Å². The van der Waals surface area contributed by atoms with Crippen LogP contribution in [0, 0.1) is 5.92 Å². The Bertz CT molecular complexity index is 1010. The van der Waals surface area contributed by atoms with Gasteiger partial charge in [-0.2, -0.15) is 0 Å². The SMILES string of the molecule is CC(=O)C(=O)OOC(=O)CC(=O)OOC(=O)CC(=O)OOC(=O)C(C(=O)OOC(=O)C(C)=O)C(O)C(O)CO. The average Bonchev–Trinajstić information content (AvgIpc) is 2.87. The lowest BCUT2D eigenvalue weighted by Gasteiger charge is -2.21. The third kappa shape index (κ3) is 13.2. The van der Waals surface area contributed by atoms with Crippen LogP contribution in [0.3, 0.4) is 0 Å².